The largest absolute Gasteiger partial charge is 0.418 e. The molecule has 1 atom stereocenters. The van der Waals surface area contributed by atoms with Crippen molar-refractivity contribution < 1.29 is 22.8 Å². The first-order valence-electron chi connectivity index (χ1n) is 8.28. The number of nitrogens with zero attached hydrogens (tertiary/aromatic N) is 4. The van der Waals surface area contributed by atoms with Crippen LogP contribution in [0.15, 0.2) is 23.9 Å². The molecule has 0 aliphatic heterocycles. The molecular formula is C18H19F3N4O2. The van der Waals surface area contributed by atoms with Gasteiger partial charge in [0.1, 0.15) is 6.07 Å². The van der Waals surface area contributed by atoms with Crippen LogP contribution in [-0.4, -0.2) is 40.4 Å². The van der Waals surface area contributed by atoms with Gasteiger partial charge in [0, 0.05) is 19.0 Å². The van der Waals surface area contributed by atoms with Crippen molar-refractivity contribution in [1.29, 1.82) is 5.26 Å². The molecule has 0 bridgehead atoms. The van der Waals surface area contributed by atoms with Gasteiger partial charge in [-0.25, -0.2) is 0 Å². The average Bonchev–Trinajstić information content (AvgIpc) is 2.60. The van der Waals surface area contributed by atoms with Crippen LogP contribution in [0.25, 0.3) is 0 Å². The third-order valence-electron chi connectivity index (χ3n) is 4.54. The van der Waals surface area contributed by atoms with Crippen molar-refractivity contribution in [3.63, 3.8) is 0 Å². The number of hydrogen-bond acceptors (Lipinski definition) is 5. The fourth-order valence-corrected chi connectivity index (χ4v) is 3.04. The van der Waals surface area contributed by atoms with Gasteiger partial charge in [-0.15, -0.1) is 5.10 Å². The van der Waals surface area contributed by atoms with E-state index in [0.717, 1.165) is 0 Å². The summed E-state index contributed by atoms with van der Waals surface area (Å²) in [5.41, 5.74) is -1.99. The molecule has 1 aromatic rings. The summed E-state index contributed by atoms with van der Waals surface area (Å²) in [7, 11) is 1.46. The van der Waals surface area contributed by atoms with Crippen LogP contribution in [0, 0.1) is 22.7 Å². The highest BCUT2D eigenvalue weighted by Gasteiger charge is 2.37. The van der Waals surface area contributed by atoms with Crippen LogP contribution < -0.4 is 0 Å². The normalized spacial score (nSPS) is 19.2. The lowest BCUT2D eigenvalue weighted by Crippen LogP contribution is -2.34. The van der Waals surface area contributed by atoms with Crippen molar-refractivity contribution in [2.45, 2.75) is 32.9 Å². The number of hydrogen-bond donors (Lipinski definition) is 0. The molecule has 144 valence electrons. The number of alkyl halides is 3. The van der Waals surface area contributed by atoms with Crippen LogP contribution in [0.3, 0.4) is 0 Å². The van der Waals surface area contributed by atoms with Crippen LogP contribution in [0.2, 0.25) is 0 Å². The number of Topliss-reactive ketones (excluding diaryl/α,β-unsaturated/α-hetero) is 1. The van der Waals surface area contributed by atoms with Gasteiger partial charge < -0.3 is 4.90 Å². The number of rotatable bonds is 4. The lowest BCUT2D eigenvalue weighted by atomic mass is 9.71. The Bertz CT molecular complexity index is 825. The van der Waals surface area contributed by atoms with Crippen molar-refractivity contribution in [2.75, 3.05) is 13.6 Å². The Kier molecular flexibility index (Phi) is 5.68. The Morgan fingerprint density at radius 3 is 2.70 bits per heavy atom. The summed E-state index contributed by atoms with van der Waals surface area (Å²) in [5, 5.41) is 15.8. The highest BCUT2D eigenvalue weighted by molar-refractivity contribution is 6.03. The number of allylic oxidation sites excluding steroid dienone is 2. The number of ketones is 1. The Balaban J connectivity index is 2.07. The maximum absolute atomic E-state index is 12.7. The Morgan fingerprint density at radius 1 is 1.44 bits per heavy atom. The van der Waals surface area contributed by atoms with Gasteiger partial charge in [0.15, 0.2) is 11.5 Å². The quantitative estimate of drug-likeness (QED) is 0.801. The van der Waals surface area contributed by atoms with E-state index < -0.39 is 23.1 Å². The molecule has 0 radical (unpaired) electrons. The average molecular weight is 380 g/mol. The van der Waals surface area contributed by atoms with Crippen LogP contribution in [0.4, 0.5) is 13.2 Å². The van der Waals surface area contributed by atoms with Gasteiger partial charge in [-0.2, -0.15) is 23.5 Å². The second-order valence-corrected chi connectivity index (χ2v) is 7.21. The summed E-state index contributed by atoms with van der Waals surface area (Å²) in [4.78, 5) is 25.7. The molecular weight excluding hydrogens is 361 g/mol. The molecule has 0 N–H and O–H groups in total. The molecule has 27 heavy (non-hydrogen) atoms. The summed E-state index contributed by atoms with van der Waals surface area (Å²) < 4.78 is 38.2. The maximum Gasteiger partial charge on any atom is 0.418 e. The van der Waals surface area contributed by atoms with E-state index in [1.807, 2.05) is 6.07 Å². The van der Waals surface area contributed by atoms with E-state index in [2.05, 4.69) is 10.2 Å². The summed E-state index contributed by atoms with van der Waals surface area (Å²) in [6.07, 6.45) is -1.44. The van der Waals surface area contributed by atoms with E-state index in [1.165, 1.54) is 11.9 Å². The molecule has 0 spiro atoms. The third kappa shape index (κ3) is 4.70. The first-order valence-corrected chi connectivity index (χ1v) is 8.28. The Hall–Kier alpha value is -2.76. The van der Waals surface area contributed by atoms with Crippen LogP contribution in [-0.2, 0) is 11.0 Å². The second-order valence-electron chi connectivity index (χ2n) is 7.21. The first-order chi connectivity index (χ1) is 12.5. The highest BCUT2D eigenvalue weighted by Crippen LogP contribution is 2.36. The molecule has 0 saturated heterocycles. The van der Waals surface area contributed by atoms with Crippen LogP contribution in [0.1, 0.15) is 42.7 Å². The zero-order valence-corrected chi connectivity index (χ0v) is 15.2. The standard InChI is InChI=1S/C18H19F3N4O2/c1-17(2)8-11(6-12(9-22)15(17)26)4-5-25(3)16(27)14-7-13(10-23-24-14)18(19,20)21/h6-7,10-11H,4-5,8H2,1-3H3. The number of aromatic nitrogens is 2. The molecule has 0 fully saturated rings. The minimum atomic E-state index is -4.61. The Labute approximate surface area is 154 Å². The second kappa shape index (κ2) is 7.47. The highest BCUT2D eigenvalue weighted by atomic mass is 19.4. The molecule has 1 unspecified atom stereocenters. The number of halogens is 3. The molecule has 1 aromatic heterocycles. The topological polar surface area (TPSA) is 87.0 Å². The minimum Gasteiger partial charge on any atom is -0.340 e. The van der Waals surface area contributed by atoms with Crippen LogP contribution in [0.5, 0.6) is 0 Å². The summed E-state index contributed by atoms with van der Waals surface area (Å²) in [5.74, 6) is -0.968. The molecule has 1 aliphatic carbocycles. The summed E-state index contributed by atoms with van der Waals surface area (Å²) in [6, 6.07) is 2.57. The maximum atomic E-state index is 12.7. The summed E-state index contributed by atoms with van der Waals surface area (Å²) >= 11 is 0. The van der Waals surface area contributed by atoms with Gasteiger partial charge in [0.25, 0.3) is 5.91 Å². The fourth-order valence-electron chi connectivity index (χ4n) is 3.04. The molecule has 9 heteroatoms. The molecule has 1 amide bonds. The molecule has 1 heterocycles. The predicted molar refractivity (Wildman–Crippen MR) is 89.2 cm³/mol. The number of nitriles is 1. The number of amides is 1. The van der Waals surface area contributed by atoms with E-state index in [9.17, 15) is 22.8 Å². The molecule has 0 aromatic carbocycles. The predicted octanol–water partition coefficient (Wildman–Crippen LogP) is 3.02. The van der Waals surface area contributed by atoms with Gasteiger partial charge in [0.2, 0.25) is 0 Å². The molecule has 0 saturated carbocycles. The molecule has 1 aliphatic rings. The van der Waals surface area contributed by atoms with Crippen molar-refractivity contribution >= 4 is 11.7 Å². The van der Waals surface area contributed by atoms with Gasteiger partial charge >= 0.3 is 6.18 Å². The minimum absolute atomic E-state index is 0.0878. The van der Waals surface area contributed by atoms with Gasteiger partial charge in [0.05, 0.1) is 17.3 Å². The molecule has 2 rings (SSSR count). The van der Waals surface area contributed by atoms with Gasteiger partial charge in [-0.1, -0.05) is 19.9 Å². The third-order valence-corrected chi connectivity index (χ3v) is 4.54. The first kappa shape index (κ1) is 20.6. The van der Waals surface area contributed by atoms with Crippen molar-refractivity contribution in [3.8, 4) is 6.07 Å². The van der Waals surface area contributed by atoms with E-state index in [-0.39, 0.29) is 29.5 Å². The lowest BCUT2D eigenvalue weighted by molar-refractivity contribution is -0.138. The number of carbonyl (C=O) groups is 2. The Morgan fingerprint density at radius 2 is 2.11 bits per heavy atom. The van der Waals surface area contributed by atoms with Crippen molar-refractivity contribution in [1.82, 2.24) is 15.1 Å². The van der Waals surface area contributed by atoms with E-state index >= 15 is 0 Å². The monoisotopic (exact) mass is 380 g/mol. The van der Waals surface area contributed by atoms with E-state index in [4.69, 9.17) is 5.26 Å². The fraction of sp³-hybridized carbons (Fsp3) is 0.500. The lowest BCUT2D eigenvalue weighted by Gasteiger charge is -2.32. The smallest absolute Gasteiger partial charge is 0.340 e. The molecule has 6 nitrogen and oxygen atoms in total. The van der Waals surface area contributed by atoms with Gasteiger partial charge in [-0.3, -0.25) is 9.59 Å². The zero-order chi connectivity index (χ0) is 20.4. The van der Waals surface area contributed by atoms with E-state index in [1.54, 1.807) is 19.9 Å². The SMILES string of the molecule is CN(CCC1C=C(C#N)C(=O)C(C)(C)C1)C(=O)c1cc(C(F)(F)F)cnn1. The van der Waals surface area contributed by atoms with Gasteiger partial charge in [-0.05, 0) is 24.8 Å². The van der Waals surface area contributed by atoms with E-state index in [0.29, 0.717) is 25.1 Å². The van der Waals surface area contributed by atoms with Crippen LogP contribution >= 0.6 is 0 Å². The number of carbonyl (C=O) groups excluding carboxylic acids is 2. The van der Waals surface area contributed by atoms with Crippen molar-refractivity contribution in [2.24, 2.45) is 11.3 Å². The van der Waals surface area contributed by atoms with Crippen molar-refractivity contribution in [3.05, 3.63) is 35.2 Å². The summed E-state index contributed by atoms with van der Waals surface area (Å²) in [6.45, 7) is 3.76. The zero-order valence-electron chi connectivity index (χ0n) is 15.2.